The number of benzene rings is 2. The van der Waals surface area contributed by atoms with Crippen LogP contribution in [0.3, 0.4) is 0 Å². The molecule has 43 heavy (non-hydrogen) atoms. The highest BCUT2D eigenvalue weighted by atomic mass is 79.9. The summed E-state index contributed by atoms with van der Waals surface area (Å²) in [5.41, 5.74) is -0.882. The summed E-state index contributed by atoms with van der Waals surface area (Å²) in [4.78, 5) is 49.5. The van der Waals surface area contributed by atoms with Gasteiger partial charge in [0.25, 0.3) is 0 Å². The summed E-state index contributed by atoms with van der Waals surface area (Å²) >= 11 is 0. The number of β-amino-alcohol motifs (C(OH)–C–C–N with tert-alkyl or cyclic N) is 1. The van der Waals surface area contributed by atoms with Crippen molar-refractivity contribution in [3.05, 3.63) is 59.7 Å². The smallest absolute Gasteiger partial charge is 0.316 e. The van der Waals surface area contributed by atoms with Crippen LogP contribution in [0.5, 0.6) is 11.5 Å². The van der Waals surface area contributed by atoms with Crippen molar-refractivity contribution in [2.24, 2.45) is 10.8 Å². The minimum Gasteiger partial charge on any atom is -0.422 e. The Kier molecular flexibility index (Phi) is 14.0. The molecule has 2 aromatic carbocycles. The van der Waals surface area contributed by atoms with Gasteiger partial charge in [-0.2, -0.15) is 0 Å². The molecule has 4 N–H and O–H groups in total. The predicted molar refractivity (Wildman–Crippen MR) is 170 cm³/mol. The second-order valence-corrected chi connectivity index (χ2v) is 13.0. The van der Waals surface area contributed by atoms with E-state index < -0.39 is 34.4 Å². The van der Waals surface area contributed by atoms with Crippen LogP contribution in [0.15, 0.2) is 48.5 Å². The molecule has 0 bridgehead atoms. The Morgan fingerprint density at radius 3 is 1.88 bits per heavy atom. The van der Waals surface area contributed by atoms with Crippen molar-refractivity contribution in [1.82, 2.24) is 16.0 Å². The SMILES string of the molecule is Br.CC(C)(CNC(=O)CNC(=O)Cc1ccccc1)NCC(O)c1ccc(OC(=O)C(C)(C)C)c(OC(=O)C(C)(C)C)c1. The van der Waals surface area contributed by atoms with E-state index in [1.165, 1.54) is 12.1 Å². The van der Waals surface area contributed by atoms with Crippen molar-refractivity contribution in [2.75, 3.05) is 19.6 Å². The standard InChI is InChI=1S/C32H45N3O7.BrH/c1-30(2,3)28(39)41-24-15-14-22(17-25(24)42-29(40)31(4,5)6)23(36)18-35-32(7,8)20-34-27(38)19-33-26(37)16-21-12-10-9-11-13-21;/h9-15,17,23,35-36H,16,18-20H2,1-8H3,(H,33,37)(H,34,38);1H. The average Bonchev–Trinajstić information content (AvgIpc) is 2.90. The van der Waals surface area contributed by atoms with Crippen molar-refractivity contribution in [2.45, 2.75) is 73.5 Å². The fourth-order valence-corrected chi connectivity index (χ4v) is 3.36. The van der Waals surface area contributed by atoms with Gasteiger partial charge in [0.15, 0.2) is 11.5 Å². The van der Waals surface area contributed by atoms with Crippen LogP contribution in [-0.2, 0) is 25.6 Å². The first-order chi connectivity index (χ1) is 19.4. The summed E-state index contributed by atoms with van der Waals surface area (Å²) < 4.78 is 11.1. The molecule has 0 spiro atoms. The van der Waals surface area contributed by atoms with E-state index in [2.05, 4.69) is 16.0 Å². The van der Waals surface area contributed by atoms with E-state index in [0.29, 0.717) is 5.56 Å². The first kappa shape index (κ1) is 37.7. The molecule has 2 rings (SSSR count). The van der Waals surface area contributed by atoms with E-state index in [0.717, 1.165) is 5.56 Å². The van der Waals surface area contributed by atoms with Crippen LogP contribution in [0, 0.1) is 10.8 Å². The number of carbonyl (C=O) groups excluding carboxylic acids is 4. The average molecular weight is 665 g/mol. The lowest BCUT2D eigenvalue weighted by molar-refractivity contribution is -0.145. The Labute approximate surface area is 265 Å². The Morgan fingerprint density at radius 2 is 1.33 bits per heavy atom. The molecule has 0 radical (unpaired) electrons. The maximum absolute atomic E-state index is 12.6. The lowest BCUT2D eigenvalue weighted by Gasteiger charge is -2.28. The minimum absolute atomic E-state index is 0. The molecular formula is C32H46BrN3O7. The second kappa shape index (κ2) is 16.0. The number of aliphatic hydroxyl groups excluding tert-OH is 1. The molecule has 0 aromatic heterocycles. The summed E-state index contributed by atoms with van der Waals surface area (Å²) in [5.74, 6) is -1.49. The van der Waals surface area contributed by atoms with E-state index in [9.17, 15) is 24.3 Å². The number of halogens is 1. The van der Waals surface area contributed by atoms with Gasteiger partial charge in [0, 0.05) is 18.6 Å². The van der Waals surface area contributed by atoms with Gasteiger partial charge in [0.05, 0.1) is 29.9 Å². The maximum Gasteiger partial charge on any atom is 0.316 e. The van der Waals surface area contributed by atoms with Gasteiger partial charge in [-0.15, -0.1) is 17.0 Å². The fourth-order valence-electron chi connectivity index (χ4n) is 3.36. The zero-order chi connectivity index (χ0) is 31.7. The number of hydrogen-bond donors (Lipinski definition) is 4. The van der Waals surface area contributed by atoms with E-state index >= 15 is 0 Å². The van der Waals surface area contributed by atoms with Crippen LogP contribution in [0.4, 0.5) is 0 Å². The van der Waals surface area contributed by atoms with Gasteiger partial charge in [0.1, 0.15) is 0 Å². The minimum atomic E-state index is -1.00. The molecule has 238 valence electrons. The topological polar surface area (TPSA) is 143 Å². The van der Waals surface area contributed by atoms with Gasteiger partial charge in [0.2, 0.25) is 11.8 Å². The molecule has 2 aromatic rings. The van der Waals surface area contributed by atoms with E-state index in [-0.39, 0.29) is 66.3 Å². The lowest BCUT2D eigenvalue weighted by Crippen LogP contribution is -2.51. The first-order valence-electron chi connectivity index (χ1n) is 14.0. The lowest BCUT2D eigenvalue weighted by atomic mass is 9.97. The monoisotopic (exact) mass is 663 g/mol. The fraction of sp³-hybridized carbons (Fsp3) is 0.500. The van der Waals surface area contributed by atoms with Crippen LogP contribution < -0.4 is 25.4 Å². The van der Waals surface area contributed by atoms with Gasteiger partial charge < -0.3 is 30.5 Å². The number of nitrogens with one attached hydrogen (secondary N) is 3. The van der Waals surface area contributed by atoms with E-state index in [1.54, 1.807) is 47.6 Å². The van der Waals surface area contributed by atoms with Crippen LogP contribution in [0.2, 0.25) is 0 Å². The van der Waals surface area contributed by atoms with E-state index in [1.807, 2.05) is 44.2 Å². The normalized spacial score (nSPS) is 12.4. The van der Waals surface area contributed by atoms with Gasteiger partial charge in [-0.25, -0.2) is 0 Å². The van der Waals surface area contributed by atoms with Gasteiger partial charge >= 0.3 is 11.9 Å². The zero-order valence-electron chi connectivity index (χ0n) is 26.3. The van der Waals surface area contributed by atoms with E-state index in [4.69, 9.17) is 9.47 Å². The van der Waals surface area contributed by atoms with Gasteiger partial charge in [-0.05, 0) is 78.6 Å². The van der Waals surface area contributed by atoms with Gasteiger partial charge in [-0.1, -0.05) is 36.4 Å². The quantitative estimate of drug-likeness (QED) is 0.197. The molecule has 11 heteroatoms. The molecule has 2 amide bonds. The summed E-state index contributed by atoms with van der Waals surface area (Å²) in [6.45, 7) is 14.2. The van der Waals surface area contributed by atoms with Crippen molar-refractivity contribution in [3.63, 3.8) is 0 Å². The molecule has 10 nitrogen and oxygen atoms in total. The predicted octanol–water partition coefficient (Wildman–Crippen LogP) is 4.04. The van der Waals surface area contributed by atoms with Gasteiger partial charge in [-0.3, -0.25) is 19.2 Å². The Morgan fingerprint density at radius 1 is 0.767 bits per heavy atom. The number of esters is 2. The number of carbonyl (C=O) groups is 4. The van der Waals surface area contributed by atoms with Crippen molar-refractivity contribution in [3.8, 4) is 11.5 Å². The number of rotatable bonds is 12. The number of hydrogen-bond acceptors (Lipinski definition) is 8. The number of aliphatic hydroxyl groups is 1. The van der Waals surface area contributed by atoms with Crippen molar-refractivity contribution in [1.29, 1.82) is 0 Å². The van der Waals surface area contributed by atoms with Crippen LogP contribution in [0.1, 0.15) is 72.6 Å². The third kappa shape index (κ3) is 13.3. The molecule has 0 heterocycles. The summed E-state index contributed by atoms with van der Waals surface area (Å²) in [7, 11) is 0. The maximum atomic E-state index is 12.6. The van der Waals surface area contributed by atoms with Crippen molar-refractivity contribution < 1.29 is 33.8 Å². The first-order valence-corrected chi connectivity index (χ1v) is 14.0. The largest absolute Gasteiger partial charge is 0.422 e. The molecule has 0 aliphatic carbocycles. The third-order valence-electron chi connectivity index (χ3n) is 6.14. The van der Waals surface area contributed by atoms with Crippen molar-refractivity contribution >= 4 is 40.7 Å². The molecule has 0 aliphatic heterocycles. The van der Waals surface area contributed by atoms with Crippen LogP contribution >= 0.6 is 17.0 Å². The second-order valence-electron chi connectivity index (χ2n) is 13.0. The summed E-state index contributed by atoms with van der Waals surface area (Å²) in [6.07, 6.45) is -0.812. The summed E-state index contributed by atoms with van der Waals surface area (Å²) in [6, 6.07) is 13.8. The highest BCUT2D eigenvalue weighted by Gasteiger charge is 2.29. The molecule has 0 saturated carbocycles. The Balaban J connectivity index is 0.00000924. The highest BCUT2D eigenvalue weighted by molar-refractivity contribution is 8.93. The molecule has 0 saturated heterocycles. The molecule has 1 unspecified atom stereocenters. The highest BCUT2D eigenvalue weighted by Crippen LogP contribution is 2.34. The Hall–Kier alpha value is -3.28. The van der Waals surface area contributed by atoms with Crippen LogP contribution in [-0.4, -0.2) is 54.0 Å². The number of amides is 2. The summed E-state index contributed by atoms with van der Waals surface area (Å²) in [5, 5.41) is 19.5. The molecule has 0 aliphatic rings. The van der Waals surface area contributed by atoms with Crippen LogP contribution in [0.25, 0.3) is 0 Å². The number of ether oxygens (including phenoxy) is 2. The zero-order valence-corrected chi connectivity index (χ0v) is 28.0. The molecule has 0 fully saturated rings. The Bertz CT molecular complexity index is 1250. The third-order valence-corrected chi connectivity index (χ3v) is 6.14. The molecule has 1 atom stereocenters. The molecular weight excluding hydrogens is 618 g/mol.